The van der Waals surface area contributed by atoms with Gasteiger partial charge in [0.15, 0.2) is 5.13 Å². The summed E-state index contributed by atoms with van der Waals surface area (Å²) < 4.78 is 14.9. The molecule has 0 radical (unpaired) electrons. The number of methoxy groups -OCH3 is 2. The number of thiazole rings is 1. The third kappa shape index (κ3) is 7.42. The number of anilines is 1. The molecule has 0 aliphatic rings. The van der Waals surface area contributed by atoms with E-state index in [0.717, 1.165) is 36.8 Å². The topological polar surface area (TPSA) is 69.7 Å². The summed E-state index contributed by atoms with van der Waals surface area (Å²) in [7, 11) is 3.04. The van der Waals surface area contributed by atoms with E-state index in [1.807, 2.05) is 5.38 Å². The van der Waals surface area contributed by atoms with Gasteiger partial charge < -0.3 is 19.5 Å². The lowest BCUT2D eigenvalue weighted by Gasteiger charge is -2.04. The molecule has 0 bridgehead atoms. The predicted octanol–water partition coefficient (Wildman–Crippen LogP) is 1.71. The Morgan fingerprint density at radius 2 is 2.15 bits per heavy atom. The van der Waals surface area contributed by atoms with Crippen LogP contribution in [0.2, 0.25) is 0 Å². The molecule has 0 saturated heterocycles. The highest BCUT2D eigenvalue weighted by Gasteiger charge is 2.07. The largest absolute Gasteiger partial charge is 0.469 e. The molecule has 0 spiro atoms. The van der Waals surface area contributed by atoms with E-state index >= 15 is 0 Å². The quantitative estimate of drug-likeness (QED) is 0.496. The number of aromatic nitrogens is 1. The first-order valence-electron chi connectivity index (χ1n) is 6.58. The van der Waals surface area contributed by atoms with Crippen molar-refractivity contribution >= 4 is 22.4 Å². The molecule has 20 heavy (non-hydrogen) atoms. The highest BCUT2D eigenvalue weighted by atomic mass is 32.1. The molecule has 1 rings (SSSR count). The summed E-state index contributed by atoms with van der Waals surface area (Å²) >= 11 is 1.50. The van der Waals surface area contributed by atoms with Gasteiger partial charge in [0.1, 0.15) is 0 Å². The molecule has 0 unspecified atom stereocenters. The number of unbranched alkanes of at least 4 members (excludes halogenated alkanes) is 1. The molecule has 7 heteroatoms. The lowest BCUT2D eigenvalue weighted by Crippen LogP contribution is -2.07. The minimum Gasteiger partial charge on any atom is -0.469 e. The number of carbonyl (C=O) groups excluding carboxylic acids is 1. The SMILES string of the molecule is COCCOCCCCNc1nc(CC(=O)OC)cs1. The molecule has 0 aromatic carbocycles. The molecule has 0 aliphatic heterocycles. The number of nitrogens with zero attached hydrogens (tertiary/aromatic N) is 1. The van der Waals surface area contributed by atoms with Crippen molar-refractivity contribution in [3.63, 3.8) is 0 Å². The van der Waals surface area contributed by atoms with Crippen molar-refractivity contribution in [2.75, 3.05) is 45.9 Å². The zero-order valence-corrected chi connectivity index (χ0v) is 12.8. The van der Waals surface area contributed by atoms with Crippen LogP contribution in [0.5, 0.6) is 0 Å². The van der Waals surface area contributed by atoms with E-state index in [4.69, 9.17) is 9.47 Å². The van der Waals surface area contributed by atoms with Crippen molar-refractivity contribution < 1.29 is 19.0 Å². The number of esters is 1. The van der Waals surface area contributed by atoms with Crippen LogP contribution >= 0.6 is 11.3 Å². The molecule has 1 heterocycles. The third-order valence-electron chi connectivity index (χ3n) is 2.53. The summed E-state index contributed by atoms with van der Waals surface area (Å²) in [5.74, 6) is -0.268. The first-order chi connectivity index (χ1) is 9.76. The van der Waals surface area contributed by atoms with Crippen LogP contribution in [0, 0.1) is 0 Å². The maximum absolute atomic E-state index is 11.1. The summed E-state index contributed by atoms with van der Waals surface area (Å²) in [5.41, 5.74) is 0.743. The Kier molecular flexibility index (Phi) is 8.93. The second-order valence-electron chi connectivity index (χ2n) is 4.14. The number of rotatable bonds is 11. The fourth-order valence-corrected chi connectivity index (χ4v) is 2.20. The van der Waals surface area contributed by atoms with E-state index < -0.39 is 0 Å². The number of ether oxygens (including phenoxy) is 3. The summed E-state index contributed by atoms with van der Waals surface area (Å²) in [4.78, 5) is 15.4. The van der Waals surface area contributed by atoms with Crippen LogP contribution < -0.4 is 5.32 Å². The maximum atomic E-state index is 11.1. The Morgan fingerprint density at radius 1 is 1.30 bits per heavy atom. The molecule has 0 fully saturated rings. The van der Waals surface area contributed by atoms with E-state index in [-0.39, 0.29) is 12.4 Å². The first kappa shape index (κ1) is 16.9. The Morgan fingerprint density at radius 3 is 2.90 bits per heavy atom. The van der Waals surface area contributed by atoms with Crippen molar-refractivity contribution in [3.8, 4) is 0 Å². The summed E-state index contributed by atoms with van der Waals surface area (Å²) in [6.45, 7) is 2.88. The predicted molar refractivity (Wildman–Crippen MR) is 78.3 cm³/mol. The number of nitrogens with one attached hydrogen (secondary N) is 1. The van der Waals surface area contributed by atoms with Gasteiger partial charge in [0.2, 0.25) is 0 Å². The molecule has 1 aromatic heterocycles. The van der Waals surface area contributed by atoms with Gasteiger partial charge in [0.25, 0.3) is 0 Å². The fraction of sp³-hybridized carbons (Fsp3) is 0.692. The smallest absolute Gasteiger partial charge is 0.311 e. The van der Waals surface area contributed by atoms with Crippen molar-refractivity contribution in [2.24, 2.45) is 0 Å². The van der Waals surface area contributed by atoms with Gasteiger partial charge in [0.05, 0.1) is 32.4 Å². The van der Waals surface area contributed by atoms with Crippen LogP contribution in [-0.4, -0.2) is 51.5 Å². The minimum absolute atomic E-state index is 0.224. The molecular weight excluding hydrogens is 280 g/mol. The zero-order chi connectivity index (χ0) is 14.6. The average molecular weight is 302 g/mol. The molecule has 0 aliphatic carbocycles. The number of hydrogen-bond donors (Lipinski definition) is 1. The van der Waals surface area contributed by atoms with Gasteiger partial charge in [0, 0.05) is 25.6 Å². The minimum atomic E-state index is -0.268. The zero-order valence-electron chi connectivity index (χ0n) is 12.0. The Hall–Kier alpha value is -1.18. The lowest BCUT2D eigenvalue weighted by molar-refractivity contribution is -0.139. The maximum Gasteiger partial charge on any atom is 0.311 e. The van der Waals surface area contributed by atoms with E-state index in [9.17, 15) is 4.79 Å². The molecule has 1 N–H and O–H groups in total. The lowest BCUT2D eigenvalue weighted by atomic mass is 10.3. The third-order valence-corrected chi connectivity index (χ3v) is 3.38. The van der Waals surface area contributed by atoms with Gasteiger partial charge in [-0.25, -0.2) is 4.98 Å². The van der Waals surface area contributed by atoms with E-state index in [2.05, 4.69) is 15.0 Å². The van der Waals surface area contributed by atoms with Gasteiger partial charge in [-0.05, 0) is 12.8 Å². The van der Waals surface area contributed by atoms with Crippen LogP contribution in [-0.2, 0) is 25.4 Å². The van der Waals surface area contributed by atoms with Gasteiger partial charge >= 0.3 is 5.97 Å². The van der Waals surface area contributed by atoms with E-state index in [1.165, 1.54) is 18.4 Å². The van der Waals surface area contributed by atoms with Gasteiger partial charge in [-0.15, -0.1) is 11.3 Å². The Labute approximate surface area is 123 Å². The number of carbonyl (C=O) groups is 1. The summed E-state index contributed by atoms with van der Waals surface area (Å²) in [6.07, 6.45) is 2.23. The molecule has 1 aromatic rings. The van der Waals surface area contributed by atoms with Gasteiger partial charge in [-0.1, -0.05) is 0 Å². The second kappa shape index (κ2) is 10.6. The second-order valence-corrected chi connectivity index (χ2v) is 4.99. The van der Waals surface area contributed by atoms with Crippen molar-refractivity contribution in [2.45, 2.75) is 19.3 Å². The molecule has 114 valence electrons. The Balaban J connectivity index is 2.06. The first-order valence-corrected chi connectivity index (χ1v) is 7.46. The standard InChI is InChI=1S/C13H22N2O4S/c1-17-7-8-19-6-4-3-5-14-13-15-11(10-20-13)9-12(16)18-2/h10H,3-9H2,1-2H3,(H,14,15). The van der Waals surface area contributed by atoms with Crippen LogP contribution in [0.1, 0.15) is 18.5 Å². The molecule has 0 atom stereocenters. The van der Waals surface area contributed by atoms with Gasteiger partial charge in [-0.2, -0.15) is 0 Å². The van der Waals surface area contributed by atoms with Crippen molar-refractivity contribution in [3.05, 3.63) is 11.1 Å². The van der Waals surface area contributed by atoms with E-state index in [1.54, 1.807) is 7.11 Å². The van der Waals surface area contributed by atoms with Crippen LogP contribution in [0.4, 0.5) is 5.13 Å². The summed E-state index contributed by atoms with van der Waals surface area (Å²) in [5, 5.41) is 5.94. The highest BCUT2D eigenvalue weighted by Crippen LogP contribution is 2.16. The monoisotopic (exact) mass is 302 g/mol. The van der Waals surface area contributed by atoms with Crippen molar-refractivity contribution in [1.82, 2.24) is 4.98 Å². The molecule has 0 amide bonds. The van der Waals surface area contributed by atoms with Crippen LogP contribution in [0.15, 0.2) is 5.38 Å². The summed E-state index contributed by atoms with van der Waals surface area (Å²) in [6, 6.07) is 0. The fourth-order valence-electron chi connectivity index (χ4n) is 1.46. The van der Waals surface area contributed by atoms with E-state index in [0.29, 0.717) is 13.2 Å². The number of hydrogen-bond acceptors (Lipinski definition) is 7. The Bertz CT molecular complexity index is 384. The normalized spacial score (nSPS) is 10.5. The highest BCUT2D eigenvalue weighted by molar-refractivity contribution is 7.13. The average Bonchev–Trinajstić information content (AvgIpc) is 2.89. The molecule has 0 saturated carbocycles. The van der Waals surface area contributed by atoms with Crippen LogP contribution in [0.3, 0.4) is 0 Å². The molecule has 6 nitrogen and oxygen atoms in total. The van der Waals surface area contributed by atoms with Gasteiger partial charge in [-0.3, -0.25) is 4.79 Å². The van der Waals surface area contributed by atoms with Crippen LogP contribution in [0.25, 0.3) is 0 Å². The van der Waals surface area contributed by atoms with Crippen molar-refractivity contribution in [1.29, 1.82) is 0 Å². The molecular formula is C13H22N2O4S.